The zero-order chi connectivity index (χ0) is 10.5. The molecule has 0 saturated heterocycles. The van der Waals surface area contributed by atoms with Gasteiger partial charge >= 0.3 is 0 Å². The molecule has 15 heavy (non-hydrogen) atoms. The highest BCUT2D eigenvalue weighted by Crippen LogP contribution is 2.18. The van der Waals surface area contributed by atoms with Crippen molar-refractivity contribution in [2.24, 2.45) is 0 Å². The van der Waals surface area contributed by atoms with E-state index in [1.165, 1.54) is 17.5 Å². The molecule has 0 amide bonds. The van der Waals surface area contributed by atoms with E-state index in [1.54, 1.807) is 18.5 Å². The lowest BCUT2D eigenvalue weighted by Crippen LogP contribution is -1.92. The zero-order valence-corrected chi connectivity index (χ0v) is 9.16. The Kier molecular flexibility index (Phi) is 3.19. The number of nitrogens with zero attached hydrogens (tertiary/aromatic N) is 2. The smallest absolute Gasteiger partial charge is 0.233 e. The number of anilines is 1. The van der Waals surface area contributed by atoms with Gasteiger partial charge in [0, 0.05) is 17.3 Å². The summed E-state index contributed by atoms with van der Waals surface area (Å²) in [6.07, 6.45) is 3.43. The molecule has 2 aromatic rings. The Morgan fingerprint density at radius 2 is 1.73 bits per heavy atom. The van der Waals surface area contributed by atoms with Crippen molar-refractivity contribution in [2.75, 3.05) is 4.72 Å². The van der Waals surface area contributed by atoms with Gasteiger partial charge in [-0.2, -0.15) is 0 Å². The van der Waals surface area contributed by atoms with Gasteiger partial charge < -0.3 is 0 Å². The first-order valence-electron chi connectivity index (χ1n) is 4.61. The fourth-order valence-electron chi connectivity index (χ4n) is 1.06. The molecule has 0 atom stereocenters. The second kappa shape index (κ2) is 4.79. The van der Waals surface area contributed by atoms with Gasteiger partial charge in [-0.05, 0) is 37.1 Å². The molecule has 0 aliphatic rings. The third-order valence-corrected chi connectivity index (χ3v) is 2.64. The molecule has 76 valence electrons. The van der Waals surface area contributed by atoms with Crippen LogP contribution in [0.3, 0.4) is 0 Å². The summed E-state index contributed by atoms with van der Waals surface area (Å²) in [5, 5.41) is 0. The van der Waals surface area contributed by atoms with E-state index >= 15 is 0 Å². The number of hydrogen-bond acceptors (Lipinski definition) is 4. The molecule has 1 heterocycles. The van der Waals surface area contributed by atoms with Crippen LogP contribution in [0.2, 0.25) is 0 Å². The molecule has 1 N–H and O–H groups in total. The maximum Gasteiger partial charge on any atom is 0.233 e. The van der Waals surface area contributed by atoms with Crippen molar-refractivity contribution in [3.05, 3.63) is 48.3 Å². The van der Waals surface area contributed by atoms with Crippen LogP contribution in [0.25, 0.3) is 0 Å². The van der Waals surface area contributed by atoms with E-state index < -0.39 is 0 Å². The lowest BCUT2D eigenvalue weighted by Gasteiger charge is -2.02. The number of benzene rings is 1. The summed E-state index contributed by atoms with van der Waals surface area (Å²) < 4.78 is 3.07. The van der Waals surface area contributed by atoms with Gasteiger partial charge in [-0.25, -0.2) is 9.97 Å². The molecule has 0 bridgehead atoms. The molecule has 1 aromatic carbocycles. The Balaban J connectivity index is 1.96. The minimum atomic E-state index is 0.628. The summed E-state index contributed by atoms with van der Waals surface area (Å²) in [5.74, 6) is 0.628. The lowest BCUT2D eigenvalue weighted by molar-refractivity contribution is 1.18. The number of aryl methyl sites for hydroxylation is 1. The highest BCUT2D eigenvalue weighted by atomic mass is 32.2. The van der Waals surface area contributed by atoms with Crippen molar-refractivity contribution in [3.8, 4) is 0 Å². The van der Waals surface area contributed by atoms with Crippen LogP contribution in [0.15, 0.2) is 47.6 Å². The van der Waals surface area contributed by atoms with E-state index in [9.17, 15) is 0 Å². The first kappa shape index (κ1) is 9.98. The van der Waals surface area contributed by atoms with E-state index in [4.69, 9.17) is 0 Å². The second-order valence-electron chi connectivity index (χ2n) is 3.09. The first-order valence-corrected chi connectivity index (χ1v) is 5.43. The summed E-state index contributed by atoms with van der Waals surface area (Å²) in [6, 6.07) is 10.1. The van der Waals surface area contributed by atoms with Crippen LogP contribution in [0.4, 0.5) is 5.95 Å². The van der Waals surface area contributed by atoms with Crippen LogP contribution in [0.1, 0.15) is 5.56 Å². The second-order valence-corrected chi connectivity index (χ2v) is 3.97. The first-order chi connectivity index (χ1) is 7.34. The zero-order valence-electron chi connectivity index (χ0n) is 8.34. The predicted molar refractivity (Wildman–Crippen MR) is 62.7 cm³/mol. The minimum Gasteiger partial charge on any atom is -0.294 e. The van der Waals surface area contributed by atoms with Gasteiger partial charge in [0.1, 0.15) is 0 Å². The van der Waals surface area contributed by atoms with E-state index in [0.29, 0.717) is 5.95 Å². The summed E-state index contributed by atoms with van der Waals surface area (Å²) in [5.41, 5.74) is 1.26. The normalized spacial score (nSPS) is 9.93. The Hall–Kier alpha value is -1.55. The Morgan fingerprint density at radius 1 is 1.07 bits per heavy atom. The Bertz CT molecular complexity index is 414. The van der Waals surface area contributed by atoms with Crippen LogP contribution >= 0.6 is 11.9 Å². The molecule has 0 radical (unpaired) electrons. The Labute approximate surface area is 93.1 Å². The van der Waals surface area contributed by atoms with Gasteiger partial charge in [0.2, 0.25) is 5.95 Å². The van der Waals surface area contributed by atoms with Crippen LogP contribution < -0.4 is 4.72 Å². The highest BCUT2D eigenvalue weighted by molar-refractivity contribution is 8.00. The molecular formula is C11H11N3S. The average Bonchev–Trinajstić information content (AvgIpc) is 2.30. The van der Waals surface area contributed by atoms with Gasteiger partial charge in [0.15, 0.2) is 0 Å². The van der Waals surface area contributed by atoms with Crippen molar-refractivity contribution in [2.45, 2.75) is 11.8 Å². The molecule has 3 nitrogen and oxygen atoms in total. The topological polar surface area (TPSA) is 37.8 Å². The average molecular weight is 217 g/mol. The number of nitrogens with one attached hydrogen (secondary N) is 1. The van der Waals surface area contributed by atoms with Crippen molar-refractivity contribution in [1.29, 1.82) is 0 Å². The molecule has 0 unspecified atom stereocenters. The van der Waals surface area contributed by atoms with Gasteiger partial charge in [-0.1, -0.05) is 17.7 Å². The van der Waals surface area contributed by atoms with Gasteiger partial charge in [-0.3, -0.25) is 4.72 Å². The summed E-state index contributed by atoms with van der Waals surface area (Å²) in [7, 11) is 0. The van der Waals surface area contributed by atoms with Gasteiger partial charge in [-0.15, -0.1) is 0 Å². The lowest BCUT2D eigenvalue weighted by atomic mass is 10.2. The minimum absolute atomic E-state index is 0.628. The molecule has 0 fully saturated rings. The SMILES string of the molecule is Cc1ccc(SNc2ncccn2)cc1. The molecule has 0 spiro atoms. The summed E-state index contributed by atoms with van der Waals surface area (Å²) >= 11 is 1.51. The van der Waals surface area contributed by atoms with Crippen molar-refractivity contribution in [1.82, 2.24) is 9.97 Å². The van der Waals surface area contributed by atoms with E-state index in [1.807, 2.05) is 0 Å². The van der Waals surface area contributed by atoms with Crippen molar-refractivity contribution >= 4 is 17.9 Å². The fraction of sp³-hybridized carbons (Fsp3) is 0.0909. The predicted octanol–water partition coefficient (Wildman–Crippen LogP) is 2.90. The van der Waals surface area contributed by atoms with Crippen molar-refractivity contribution in [3.63, 3.8) is 0 Å². The fourth-order valence-corrected chi connectivity index (χ4v) is 1.65. The summed E-state index contributed by atoms with van der Waals surface area (Å²) in [6.45, 7) is 2.07. The highest BCUT2D eigenvalue weighted by Gasteiger charge is 1.95. The molecule has 0 aliphatic carbocycles. The maximum atomic E-state index is 4.07. The van der Waals surface area contributed by atoms with Crippen LogP contribution in [0, 0.1) is 6.92 Å². The molecule has 2 rings (SSSR count). The molecule has 4 heteroatoms. The standard InChI is InChI=1S/C11H11N3S/c1-9-3-5-10(6-4-9)15-14-11-12-7-2-8-13-11/h2-8H,1H3,(H,12,13,14). The van der Waals surface area contributed by atoms with Crippen molar-refractivity contribution < 1.29 is 0 Å². The monoisotopic (exact) mass is 217 g/mol. The van der Waals surface area contributed by atoms with E-state index in [-0.39, 0.29) is 0 Å². The van der Waals surface area contributed by atoms with Gasteiger partial charge in [0.05, 0.1) is 0 Å². The van der Waals surface area contributed by atoms with Crippen LogP contribution in [-0.4, -0.2) is 9.97 Å². The van der Waals surface area contributed by atoms with Crippen LogP contribution in [0.5, 0.6) is 0 Å². The van der Waals surface area contributed by atoms with Gasteiger partial charge in [0.25, 0.3) is 0 Å². The third kappa shape index (κ3) is 2.95. The molecular weight excluding hydrogens is 206 g/mol. The summed E-state index contributed by atoms with van der Waals surface area (Å²) in [4.78, 5) is 9.28. The largest absolute Gasteiger partial charge is 0.294 e. The molecule has 1 aromatic heterocycles. The van der Waals surface area contributed by atoms with E-state index in [2.05, 4.69) is 45.9 Å². The molecule has 0 saturated carbocycles. The van der Waals surface area contributed by atoms with E-state index in [0.717, 1.165) is 4.90 Å². The number of aromatic nitrogens is 2. The number of rotatable bonds is 3. The third-order valence-electron chi connectivity index (χ3n) is 1.85. The molecule has 0 aliphatic heterocycles. The Morgan fingerprint density at radius 3 is 2.40 bits per heavy atom. The maximum absolute atomic E-state index is 4.07. The number of hydrogen-bond donors (Lipinski definition) is 1. The quantitative estimate of drug-likeness (QED) is 0.802. The van der Waals surface area contributed by atoms with Crippen LogP contribution in [-0.2, 0) is 0 Å².